The van der Waals surface area contributed by atoms with E-state index in [4.69, 9.17) is 10.5 Å². The molecule has 2 heterocycles. The second-order valence-corrected chi connectivity index (χ2v) is 4.77. The van der Waals surface area contributed by atoms with Crippen molar-refractivity contribution in [2.24, 2.45) is 11.7 Å². The predicted molar refractivity (Wildman–Crippen MR) is 76.1 cm³/mol. The smallest absolute Gasteiger partial charge is 0.273 e. The molecule has 0 bridgehead atoms. The molecule has 5 heteroatoms. The number of likely N-dealkylation sites (tertiary alicyclic amines) is 1. The van der Waals surface area contributed by atoms with E-state index in [2.05, 4.69) is 16.8 Å². The number of hydrogen-bond donors (Lipinski definition) is 1. The number of rotatable bonds is 3. The highest BCUT2D eigenvalue weighted by Crippen LogP contribution is 2.19. The van der Waals surface area contributed by atoms with Gasteiger partial charge in [-0.25, -0.2) is 4.98 Å². The van der Waals surface area contributed by atoms with Crippen LogP contribution < -0.4 is 5.73 Å². The number of amides is 1. The molecule has 0 radical (unpaired) electrons. The Morgan fingerprint density at radius 3 is 3.25 bits per heavy atom. The van der Waals surface area contributed by atoms with Crippen LogP contribution in [0.1, 0.15) is 22.5 Å². The summed E-state index contributed by atoms with van der Waals surface area (Å²) in [4.78, 5) is 18.5. The van der Waals surface area contributed by atoms with E-state index >= 15 is 0 Å². The third-order valence-electron chi connectivity index (χ3n) is 3.31. The van der Waals surface area contributed by atoms with Gasteiger partial charge in [0.2, 0.25) is 0 Å². The lowest BCUT2D eigenvalue weighted by Crippen LogP contribution is -2.30. The van der Waals surface area contributed by atoms with Gasteiger partial charge in [0.1, 0.15) is 5.69 Å². The first kappa shape index (κ1) is 14.5. The Bertz CT molecular complexity index is 533. The Balaban J connectivity index is 2.14. The van der Waals surface area contributed by atoms with Crippen molar-refractivity contribution in [2.45, 2.75) is 6.42 Å². The molecule has 0 aliphatic carbocycles. The van der Waals surface area contributed by atoms with E-state index in [-0.39, 0.29) is 12.5 Å². The maximum atomic E-state index is 12.5. The van der Waals surface area contributed by atoms with Gasteiger partial charge in [-0.15, -0.1) is 0 Å². The Morgan fingerprint density at radius 2 is 2.50 bits per heavy atom. The van der Waals surface area contributed by atoms with Gasteiger partial charge in [-0.3, -0.25) is 4.79 Å². The van der Waals surface area contributed by atoms with Crippen LogP contribution in [0.5, 0.6) is 0 Å². The normalized spacial score (nSPS) is 17.7. The first-order chi connectivity index (χ1) is 9.76. The molecule has 2 N–H and O–H groups in total. The third-order valence-corrected chi connectivity index (χ3v) is 3.31. The molecular weight excluding hydrogens is 254 g/mol. The van der Waals surface area contributed by atoms with Crippen LogP contribution in [0.25, 0.3) is 0 Å². The first-order valence-corrected chi connectivity index (χ1v) is 6.68. The summed E-state index contributed by atoms with van der Waals surface area (Å²) in [5, 5.41) is 0. The molecule has 1 unspecified atom stereocenters. The van der Waals surface area contributed by atoms with Crippen molar-refractivity contribution in [3.63, 3.8) is 0 Å². The van der Waals surface area contributed by atoms with Gasteiger partial charge in [0.05, 0.1) is 18.7 Å². The van der Waals surface area contributed by atoms with Crippen molar-refractivity contribution in [3.05, 3.63) is 29.6 Å². The van der Waals surface area contributed by atoms with Gasteiger partial charge in [-0.2, -0.15) is 0 Å². The van der Waals surface area contributed by atoms with Crippen LogP contribution >= 0.6 is 0 Å². The minimum Gasteiger partial charge on any atom is -0.384 e. The quantitative estimate of drug-likeness (QED) is 0.814. The summed E-state index contributed by atoms with van der Waals surface area (Å²) in [7, 11) is 1.68. The second-order valence-electron chi connectivity index (χ2n) is 4.77. The molecule has 0 spiro atoms. The molecule has 5 nitrogen and oxygen atoms in total. The van der Waals surface area contributed by atoms with Gasteiger partial charge in [-0.05, 0) is 18.6 Å². The molecule has 0 saturated carbocycles. The zero-order valence-corrected chi connectivity index (χ0v) is 11.6. The Kier molecular flexibility index (Phi) is 5.10. The van der Waals surface area contributed by atoms with E-state index in [9.17, 15) is 4.79 Å². The summed E-state index contributed by atoms with van der Waals surface area (Å²) in [6, 6.07) is 3.57. The zero-order chi connectivity index (χ0) is 14.4. The number of pyridine rings is 1. The van der Waals surface area contributed by atoms with Crippen molar-refractivity contribution in [3.8, 4) is 11.8 Å². The predicted octanol–water partition coefficient (Wildman–Crippen LogP) is 0.500. The lowest BCUT2D eigenvalue weighted by Gasteiger charge is -2.16. The van der Waals surface area contributed by atoms with E-state index in [0.717, 1.165) is 13.0 Å². The number of hydrogen-bond acceptors (Lipinski definition) is 4. The Hall–Kier alpha value is -1.90. The SMILES string of the molecule is COCC1CCN(C(=O)c2ncccc2C#CCN)C1. The van der Waals surface area contributed by atoms with Gasteiger partial charge in [0.15, 0.2) is 0 Å². The van der Waals surface area contributed by atoms with E-state index in [1.807, 2.05) is 4.90 Å². The standard InChI is InChI=1S/C15H19N3O2/c1-20-11-12-6-9-18(10-12)15(19)14-13(4-2-7-16)5-3-8-17-14/h3,5,8,12H,6-7,9-11,16H2,1H3. The average Bonchev–Trinajstić information content (AvgIpc) is 2.94. The molecule has 1 aliphatic heterocycles. The molecule has 1 saturated heterocycles. The van der Waals surface area contributed by atoms with Crippen molar-refractivity contribution in [1.82, 2.24) is 9.88 Å². The number of nitrogens with zero attached hydrogens (tertiary/aromatic N) is 2. The van der Waals surface area contributed by atoms with Gasteiger partial charge < -0.3 is 15.4 Å². The van der Waals surface area contributed by atoms with Gasteiger partial charge in [0.25, 0.3) is 5.91 Å². The maximum Gasteiger partial charge on any atom is 0.273 e. The molecule has 1 aromatic rings. The number of carbonyl (C=O) groups is 1. The zero-order valence-electron chi connectivity index (χ0n) is 11.6. The van der Waals surface area contributed by atoms with Gasteiger partial charge in [0, 0.05) is 32.3 Å². The van der Waals surface area contributed by atoms with Crippen LogP contribution in [0.2, 0.25) is 0 Å². The molecule has 1 aromatic heterocycles. The van der Waals surface area contributed by atoms with Gasteiger partial charge in [-0.1, -0.05) is 11.8 Å². The molecule has 1 fully saturated rings. The highest BCUT2D eigenvalue weighted by atomic mass is 16.5. The van der Waals surface area contributed by atoms with Crippen LogP contribution in [0.15, 0.2) is 18.3 Å². The lowest BCUT2D eigenvalue weighted by atomic mass is 10.1. The van der Waals surface area contributed by atoms with Crippen LogP contribution in [-0.4, -0.2) is 49.1 Å². The number of nitrogens with two attached hydrogens (primary N) is 1. The molecule has 1 atom stereocenters. The molecular formula is C15H19N3O2. The second kappa shape index (κ2) is 7.04. The van der Waals surface area contributed by atoms with Crippen LogP contribution in [0, 0.1) is 17.8 Å². The van der Waals surface area contributed by atoms with Crippen molar-refractivity contribution in [2.75, 3.05) is 33.4 Å². The number of methoxy groups -OCH3 is 1. The number of aromatic nitrogens is 1. The lowest BCUT2D eigenvalue weighted by molar-refractivity contribution is 0.0769. The maximum absolute atomic E-state index is 12.5. The molecule has 106 valence electrons. The monoisotopic (exact) mass is 273 g/mol. The third kappa shape index (κ3) is 3.35. The van der Waals surface area contributed by atoms with Crippen LogP contribution in [0.3, 0.4) is 0 Å². The first-order valence-electron chi connectivity index (χ1n) is 6.68. The summed E-state index contributed by atoms with van der Waals surface area (Å²) < 4.78 is 5.15. The fourth-order valence-electron chi connectivity index (χ4n) is 2.36. The highest BCUT2D eigenvalue weighted by Gasteiger charge is 2.28. The molecule has 1 amide bonds. The summed E-state index contributed by atoms with van der Waals surface area (Å²) in [5.74, 6) is 6.01. The van der Waals surface area contributed by atoms with E-state index in [1.165, 1.54) is 0 Å². The van der Waals surface area contributed by atoms with Gasteiger partial charge >= 0.3 is 0 Å². The van der Waals surface area contributed by atoms with Crippen molar-refractivity contribution < 1.29 is 9.53 Å². The minimum atomic E-state index is -0.0643. The number of carbonyl (C=O) groups excluding carboxylic acids is 1. The molecule has 20 heavy (non-hydrogen) atoms. The Morgan fingerprint density at radius 1 is 1.65 bits per heavy atom. The Labute approximate surface area is 119 Å². The van der Waals surface area contributed by atoms with Crippen molar-refractivity contribution >= 4 is 5.91 Å². The summed E-state index contributed by atoms with van der Waals surface area (Å²) in [6.45, 7) is 2.41. The molecule has 0 aromatic carbocycles. The van der Waals surface area contributed by atoms with Crippen molar-refractivity contribution in [1.29, 1.82) is 0 Å². The summed E-state index contributed by atoms with van der Waals surface area (Å²) in [5.41, 5.74) is 6.42. The fraction of sp³-hybridized carbons (Fsp3) is 0.467. The minimum absolute atomic E-state index is 0.0643. The van der Waals surface area contributed by atoms with E-state index in [0.29, 0.717) is 30.3 Å². The highest BCUT2D eigenvalue weighted by molar-refractivity contribution is 5.94. The average molecular weight is 273 g/mol. The van der Waals surface area contributed by atoms with Crippen LogP contribution in [-0.2, 0) is 4.74 Å². The molecule has 1 aliphatic rings. The largest absolute Gasteiger partial charge is 0.384 e. The summed E-state index contributed by atoms with van der Waals surface area (Å²) >= 11 is 0. The molecule has 2 rings (SSSR count). The topological polar surface area (TPSA) is 68.5 Å². The van der Waals surface area contributed by atoms with E-state index < -0.39 is 0 Å². The van der Waals surface area contributed by atoms with Crippen LogP contribution in [0.4, 0.5) is 0 Å². The summed E-state index contributed by atoms with van der Waals surface area (Å²) in [6.07, 6.45) is 2.58. The fourth-order valence-corrected chi connectivity index (χ4v) is 2.36. The van der Waals surface area contributed by atoms with E-state index in [1.54, 1.807) is 25.4 Å². The number of ether oxygens (including phenoxy) is 1.